The van der Waals surface area contributed by atoms with Gasteiger partial charge < -0.3 is 0 Å². The predicted octanol–water partition coefficient (Wildman–Crippen LogP) is -0.336. The molecule has 15 heavy (non-hydrogen) atoms. The lowest BCUT2D eigenvalue weighted by molar-refractivity contribution is 0.448. The molecule has 0 unspecified atom stereocenters. The van der Waals surface area contributed by atoms with E-state index in [-0.39, 0.29) is 13.1 Å². The second-order valence-electron chi connectivity index (χ2n) is 3.19. The molecule has 0 fully saturated rings. The maximum absolute atomic E-state index is 11.6. The van der Waals surface area contributed by atoms with Crippen molar-refractivity contribution in [2.45, 2.75) is 13.3 Å². The average Bonchev–Trinajstić information content (AvgIpc) is 1.99. The van der Waals surface area contributed by atoms with E-state index in [9.17, 15) is 16.8 Å². The van der Waals surface area contributed by atoms with Crippen LogP contribution < -0.4 is 0 Å². The Morgan fingerprint density at radius 3 is 2.13 bits per heavy atom. The van der Waals surface area contributed by atoms with E-state index in [0.717, 1.165) is 10.6 Å². The van der Waals surface area contributed by atoms with Crippen molar-refractivity contribution >= 4 is 19.9 Å². The minimum absolute atomic E-state index is 0.0916. The number of hydrogen-bond donors (Lipinski definition) is 0. The van der Waals surface area contributed by atoms with Crippen molar-refractivity contribution in [2.75, 3.05) is 24.4 Å². The molecule has 0 N–H and O–H groups in total. The van der Waals surface area contributed by atoms with Crippen LogP contribution in [0.3, 0.4) is 0 Å². The Morgan fingerprint density at radius 2 is 1.80 bits per heavy atom. The van der Waals surface area contributed by atoms with Gasteiger partial charge in [0, 0.05) is 12.8 Å². The van der Waals surface area contributed by atoms with E-state index in [0.29, 0.717) is 6.42 Å². The fourth-order valence-corrected chi connectivity index (χ4v) is 4.51. The van der Waals surface area contributed by atoms with Crippen LogP contribution in [-0.2, 0) is 19.9 Å². The molecule has 0 spiro atoms. The molecule has 0 aliphatic carbocycles. The minimum atomic E-state index is -3.80. The first-order valence-corrected chi connectivity index (χ1v) is 7.99. The molecule has 5 nitrogen and oxygen atoms in total. The van der Waals surface area contributed by atoms with Gasteiger partial charge in [-0.15, -0.1) is 6.42 Å². The Balaban J connectivity index is 4.90. The van der Waals surface area contributed by atoms with E-state index in [2.05, 4.69) is 5.92 Å². The molecule has 0 saturated carbocycles. The summed E-state index contributed by atoms with van der Waals surface area (Å²) in [4.78, 5) is 0. The molecular formula is C8H15NO4S2. The van der Waals surface area contributed by atoms with Crippen LogP contribution in [0.25, 0.3) is 0 Å². The average molecular weight is 253 g/mol. The summed E-state index contributed by atoms with van der Waals surface area (Å²) < 4.78 is 46.0. The summed E-state index contributed by atoms with van der Waals surface area (Å²) in [5, 5.41) is -0.887. The third-order valence-corrected chi connectivity index (χ3v) is 5.50. The minimum Gasteiger partial charge on any atom is -0.228 e. The Hall–Kier alpha value is -0.580. The van der Waals surface area contributed by atoms with Crippen LogP contribution in [0.1, 0.15) is 13.3 Å². The largest absolute Gasteiger partial charge is 0.229 e. The summed E-state index contributed by atoms with van der Waals surface area (Å²) >= 11 is 0. The highest BCUT2D eigenvalue weighted by Crippen LogP contribution is 2.05. The van der Waals surface area contributed by atoms with Gasteiger partial charge in [-0.3, -0.25) is 0 Å². The van der Waals surface area contributed by atoms with Crippen LogP contribution in [0.15, 0.2) is 0 Å². The van der Waals surface area contributed by atoms with Gasteiger partial charge in [0.1, 0.15) is 0 Å². The smallest absolute Gasteiger partial charge is 0.228 e. The quantitative estimate of drug-likeness (QED) is 0.607. The lowest BCUT2D eigenvalue weighted by atomic mass is 10.5. The number of rotatable bonds is 6. The monoisotopic (exact) mass is 253 g/mol. The zero-order valence-electron chi connectivity index (χ0n) is 8.80. The van der Waals surface area contributed by atoms with E-state index in [1.54, 1.807) is 6.92 Å². The Bertz CT molecular complexity index is 430. The Labute approximate surface area is 91.4 Å². The molecule has 0 aromatic carbocycles. The van der Waals surface area contributed by atoms with Crippen LogP contribution in [0.5, 0.6) is 0 Å². The van der Waals surface area contributed by atoms with Gasteiger partial charge in [0.05, 0.1) is 6.54 Å². The van der Waals surface area contributed by atoms with E-state index in [1.165, 1.54) is 0 Å². The summed E-state index contributed by atoms with van der Waals surface area (Å²) in [6.45, 7) is 1.94. The molecule has 0 rings (SSSR count). The topological polar surface area (TPSA) is 71.5 Å². The molecule has 0 amide bonds. The van der Waals surface area contributed by atoms with E-state index in [4.69, 9.17) is 6.42 Å². The first-order chi connectivity index (χ1) is 6.73. The Morgan fingerprint density at radius 1 is 1.27 bits per heavy atom. The molecule has 0 radical (unpaired) electrons. The summed E-state index contributed by atoms with van der Waals surface area (Å²) in [6.07, 6.45) is 6.48. The van der Waals surface area contributed by atoms with Crippen LogP contribution in [0.4, 0.5) is 0 Å². The fourth-order valence-electron chi connectivity index (χ4n) is 1.01. The third-order valence-electron chi connectivity index (χ3n) is 1.50. The van der Waals surface area contributed by atoms with Crippen molar-refractivity contribution < 1.29 is 16.8 Å². The van der Waals surface area contributed by atoms with Gasteiger partial charge in [-0.25, -0.2) is 16.8 Å². The second kappa shape index (κ2) is 5.49. The highest BCUT2D eigenvalue weighted by molar-refractivity contribution is 8.06. The maximum Gasteiger partial charge on any atom is 0.229 e. The molecule has 0 aromatic heterocycles. The predicted molar refractivity (Wildman–Crippen MR) is 59.3 cm³/mol. The lowest BCUT2D eigenvalue weighted by Gasteiger charge is -2.18. The molecule has 0 heterocycles. The summed E-state index contributed by atoms with van der Waals surface area (Å²) in [5.74, 6) is 2.20. The van der Waals surface area contributed by atoms with Crippen LogP contribution in [-0.4, -0.2) is 45.6 Å². The summed E-state index contributed by atoms with van der Waals surface area (Å²) in [6, 6.07) is 0. The van der Waals surface area contributed by atoms with Crippen LogP contribution >= 0.6 is 0 Å². The molecule has 0 aromatic rings. The van der Waals surface area contributed by atoms with Gasteiger partial charge in [0.25, 0.3) is 0 Å². The normalized spacial score (nSPS) is 12.7. The molecule has 7 heteroatoms. The maximum atomic E-state index is 11.6. The first-order valence-electron chi connectivity index (χ1n) is 4.32. The highest BCUT2D eigenvalue weighted by Gasteiger charge is 2.25. The molecule has 0 bridgehead atoms. The van der Waals surface area contributed by atoms with Gasteiger partial charge in [-0.2, -0.15) is 4.31 Å². The van der Waals surface area contributed by atoms with E-state index >= 15 is 0 Å². The van der Waals surface area contributed by atoms with Crippen molar-refractivity contribution in [3.63, 3.8) is 0 Å². The van der Waals surface area contributed by atoms with Crippen molar-refractivity contribution in [2.24, 2.45) is 0 Å². The zero-order chi connectivity index (χ0) is 12.1. The van der Waals surface area contributed by atoms with Crippen LogP contribution in [0.2, 0.25) is 0 Å². The van der Waals surface area contributed by atoms with Crippen molar-refractivity contribution in [1.29, 1.82) is 0 Å². The van der Waals surface area contributed by atoms with Crippen molar-refractivity contribution in [1.82, 2.24) is 4.31 Å². The Kier molecular flexibility index (Phi) is 5.28. The number of nitrogens with zero attached hydrogens (tertiary/aromatic N) is 1. The molecule has 0 atom stereocenters. The summed E-state index contributed by atoms with van der Waals surface area (Å²) in [5.41, 5.74) is 0. The van der Waals surface area contributed by atoms with E-state index in [1.807, 2.05) is 0 Å². The molecule has 0 saturated heterocycles. The SMILES string of the molecule is C#CCN(CCC)S(=O)(=O)CS(C)(=O)=O. The second-order valence-corrected chi connectivity index (χ2v) is 7.67. The molecule has 0 aliphatic heterocycles. The molecule has 0 aliphatic rings. The number of hydrogen-bond acceptors (Lipinski definition) is 4. The summed E-state index contributed by atoms with van der Waals surface area (Å²) in [7, 11) is -7.36. The highest BCUT2D eigenvalue weighted by atomic mass is 32.3. The van der Waals surface area contributed by atoms with Crippen LogP contribution in [0, 0.1) is 12.3 Å². The molecule has 88 valence electrons. The standard InChI is InChI=1S/C8H15NO4S2/c1-4-6-9(7-5-2)15(12,13)8-14(3,10)11/h1H,5-8H2,2-3H3. The number of terminal acetylenes is 1. The third kappa shape index (κ3) is 5.77. The number of sulfonamides is 1. The van der Waals surface area contributed by atoms with Gasteiger partial charge in [-0.1, -0.05) is 12.8 Å². The first kappa shape index (κ1) is 14.4. The van der Waals surface area contributed by atoms with Crippen molar-refractivity contribution in [3.05, 3.63) is 0 Å². The van der Waals surface area contributed by atoms with E-state index < -0.39 is 24.9 Å². The van der Waals surface area contributed by atoms with Crippen molar-refractivity contribution in [3.8, 4) is 12.3 Å². The molecular weight excluding hydrogens is 238 g/mol. The number of sulfone groups is 1. The van der Waals surface area contributed by atoms with Gasteiger partial charge in [0.2, 0.25) is 10.0 Å². The van der Waals surface area contributed by atoms with Gasteiger partial charge in [-0.05, 0) is 6.42 Å². The van der Waals surface area contributed by atoms with Gasteiger partial charge >= 0.3 is 0 Å². The fraction of sp³-hybridized carbons (Fsp3) is 0.750. The zero-order valence-corrected chi connectivity index (χ0v) is 10.4. The van der Waals surface area contributed by atoms with Gasteiger partial charge in [0.15, 0.2) is 14.9 Å². The lowest BCUT2D eigenvalue weighted by Crippen LogP contribution is -2.36.